The van der Waals surface area contributed by atoms with Gasteiger partial charge in [-0.1, -0.05) is 25.5 Å². The standard InChI is InChI=1S/C24H25N3O5S2/c1-3-4-5-17(28)13-26-23(30)21(34(2,31)32)24-27-19-9-7-15(11-20(19)33-24)14-6-8-18-16(10-14)12-25-22(18)29/h6-11,21H,3-5,12-13H2,1-2H3,(H,25,29)(H,26,30). The van der Waals surface area contributed by atoms with Crippen LogP contribution in [-0.4, -0.2) is 43.8 Å². The average Bonchev–Trinajstić information content (AvgIpc) is 3.37. The Morgan fingerprint density at radius 3 is 2.65 bits per heavy atom. The quantitative estimate of drug-likeness (QED) is 0.466. The van der Waals surface area contributed by atoms with Crippen LogP contribution in [0.1, 0.15) is 52.4 Å². The number of unbranched alkanes of at least 4 members (excludes halogenated alkanes) is 1. The summed E-state index contributed by atoms with van der Waals surface area (Å²) in [4.78, 5) is 40.9. The van der Waals surface area contributed by atoms with Crippen LogP contribution in [-0.2, 0) is 26.0 Å². The second-order valence-electron chi connectivity index (χ2n) is 8.36. The van der Waals surface area contributed by atoms with Crippen molar-refractivity contribution in [2.45, 2.75) is 38.0 Å². The van der Waals surface area contributed by atoms with Crippen molar-refractivity contribution in [3.63, 3.8) is 0 Å². The number of nitrogens with one attached hydrogen (secondary N) is 2. The number of Topliss-reactive ketones (excluding diaryl/α,β-unsaturated/α-hetero) is 1. The Morgan fingerprint density at radius 1 is 1.18 bits per heavy atom. The lowest BCUT2D eigenvalue weighted by molar-refractivity contribution is -0.125. The van der Waals surface area contributed by atoms with Gasteiger partial charge < -0.3 is 10.6 Å². The van der Waals surface area contributed by atoms with Gasteiger partial charge in [-0.15, -0.1) is 11.3 Å². The zero-order chi connectivity index (χ0) is 24.5. The van der Waals surface area contributed by atoms with E-state index in [-0.39, 0.29) is 23.2 Å². The van der Waals surface area contributed by atoms with Crippen molar-refractivity contribution in [3.8, 4) is 11.1 Å². The number of aromatic nitrogens is 1. The summed E-state index contributed by atoms with van der Waals surface area (Å²) < 4.78 is 25.7. The molecule has 2 aromatic carbocycles. The van der Waals surface area contributed by atoms with E-state index in [1.54, 1.807) is 12.1 Å². The molecule has 1 unspecified atom stereocenters. The van der Waals surface area contributed by atoms with Crippen LogP contribution in [0.2, 0.25) is 0 Å². The molecule has 178 valence electrons. The Kier molecular flexibility index (Phi) is 6.81. The maximum absolute atomic E-state index is 12.8. The van der Waals surface area contributed by atoms with E-state index >= 15 is 0 Å². The molecule has 0 spiro atoms. The lowest BCUT2D eigenvalue weighted by atomic mass is 10.0. The number of rotatable bonds is 9. The first-order valence-corrected chi connectivity index (χ1v) is 13.7. The van der Waals surface area contributed by atoms with Crippen molar-refractivity contribution in [2.24, 2.45) is 0 Å². The minimum Gasteiger partial charge on any atom is -0.348 e. The number of sulfone groups is 1. The summed E-state index contributed by atoms with van der Waals surface area (Å²) in [6.07, 6.45) is 2.92. The van der Waals surface area contributed by atoms with E-state index < -0.39 is 21.0 Å². The lowest BCUT2D eigenvalue weighted by Gasteiger charge is -2.12. The second-order valence-corrected chi connectivity index (χ2v) is 11.6. The fourth-order valence-corrected chi connectivity index (χ4v) is 6.42. The number of carbonyl (C=O) groups is 3. The van der Waals surface area contributed by atoms with Gasteiger partial charge in [-0.3, -0.25) is 14.4 Å². The Balaban J connectivity index is 1.60. The zero-order valence-electron chi connectivity index (χ0n) is 18.9. The molecule has 2 amide bonds. The van der Waals surface area contributed by atoms with Crippen LogP contribution >= 0.6 is 11.3 Å². The van der Waals surface area contributed by atoms with E-state index in [2.05, 4.69) is 15.6 Å². The van der Waals surface area contributed by atoms with E-state index in [0.29, 0.717) is 24.0 Å². The molecule has 8 nitrogen and oxygen atoms in total. The number of carbonyl (C=O) groups excluding carboxylic acids is 3. The molecule has 3 aromatic rings. The Hall–Kier alpha value is -3.11. The average molecular weight is 500 g/mol. The van der Waals surface area contributed by atoms with Crippen molar-refractivity contribution >= 4 is 49.0 Å². The molecule has 4 rings (SSSR count). The first kappa shape index (κ1) is 24.0. The smallest absolute Gasteiger partial charge is 0.251 e. The highest BCUT2D eigenvalue weighted by Gasteiger charge is 2.34. The molecule has 34 heavy (non-hydrogen) atoms. The highest BCUT2D eigenvalue weighted by Crippen LogP contribution is 2.34. The third-order valence-corrected chi connectivity index (χ3v) is 8.21. The van der Waals surface area contributed by atoms with E-state index in [1.165, 1.54) is 0 Å². The molecule has 1 aromatic heterocycles. The molecule has 1 aliphatic heterocycles. The molecule has 0 fully saturated rings. The normalized spacial score (nSPS) is 14.0. The summed E-state index contributed by atoms with van der Waals surface area (Å²) >= 11 is 1.14. The van der Waals surface area contributed by atoms with E-state index in [0.717, 1.165) is 51.8 Å². The van der Waals surface area contributed by atoms with Crippen molar-refractivity contribution in [3.05, 3.63) is 52.5 Å². The van der Waals surface area contributed by atoms with Gasteiger partial charge in [0.2, 0.25) is 5.91 Å². The summed E-state index contributed by atoms with van der Waals surface area (Å²) in [6, 6.07) is 11.2. The molecule has 2 N–H and O–H groups in total. The third-order valence-electron chi connectivity index (χ3n) is 5.69. The fraction of sp³-hybridized carbons (Fsp3) is 0.333. The van der Waals surface area contributed by atoms with Crippen LogP contribution in [0.3, 0.4) is 0 Å². The van der Waals surface area contributed by atoms with Crippen LogP contribution < -0.4 is 10.6 Å². The number of hydrogen-bond acceptors (Lipinski definition) is 7. The summed E-state index contributed by atoms with van der Waals surface area (Å²) in [7, 11) is -3.82. The molecule has 0 aliphatic carbocycles. The molecule has 0 saturated carbocycles. The lowest BCUT2D eigenvalue weighted by Crippen LogP contribution is -2.36. The minimum absolute atomic E-state index is 0.0822. The summed E-state index contributed by atoms with van der Waals surface area (Å²) in [6.45, 7) is 2.25. The molecular formula is C24H25N3O5S2. The largest absolute Gasteiger partial charge is 0.348 e. The molecule has 0 radical (unpaired) electrons. The van der Waals surface area contributed by atoms with Crippen LogP contribution in [0.5, 0.6) is 0 Å². The molecule has 2 heterocycles. The van der Waals surface area contributed by atoms with Gasteiger partial charge in [-0.2, -0.15) is 0 Å². The molecule has 0 saturated heterocycles. The first-order chi connectivity index (χ1) is 16.2. The van der Waals surface area contributed by atoms with Crippen molar-refractivity contribution in [2.75, 3.05) is 12.8 Å². The van der Waals surface area contributed by atoms with Crippen LogP contribution in [0.15, 0.2) is 36.4 Å². The van der Waals surface area contributed by atoms with E-state index in [9.17, 15) is 22.8 Å². The number of hydrogen-bond donors (Lipinski definition) is 2. The maximum Gasteiger partial charge on any atom is 0.251 e. The third kappa shape index (κ3) is 5.02. The molecule has 0 bridgehead atoms. The molecule has 1 atom stereocenters. The van der Waals surface area contributed by atoms with Gasteiger partial charge in [0, 0.05) is 24.8 Å². The Morgan fingerprint density at radius 2 is 1.91 bits per heavy atom. The summed E-state index contributed by atoms with van der Waals surface area (Å²) in [5.74, 6) is -0.966. The van der Waals surface area contributed by atoms with Gasteiger partial charge in [0.25, 0.3) is 5.91 Å². The summed E-state index contributed by atoms with van der Waals surface area (Å²) in [5.41, 5.74) is 4.00. The second kappa shape index (κ2) is 9.63. The zero-order valence-corrected chi connectivity index (χ0v) is 20.5. The van der Waals surface area contributed by atoms with Gasteiger partial charge in [-0.25, -0.2) is 13.4 Å². The SMILES string of the molecule is CCCCC(=O)CNC(=O)C(c1nc2ccc(-c3ccc4c(c3)CNC4=O)cc2s1)S(C)(=O)=O. The van der Waals surface area contributed by atoms with Crippen LogP contribution in [0.25, 0.3) is 21.3 Å². The van der Waals surface area contributed by atoms with Crippen molar-refractivity contribution in [1.29, 1.82) is 0 Å². The number of amides is 2. The topological polar surface area (TPSA) is 122 Å². The first-order valence-electron chi connectivity index (χ1n) is 11.0. The molecule has 10 heteroatoms. The van der Waals surface area contributed by atoms with Gasteiger partial charge in [0.05, 0.1) is 16.8 Å². The van der Waals surface area contributed by atoms with Gasteiger partial charge in [0.1, 0.15) is 5.01 Å². The number of fused-ring (bicyclic) bond motifs is 2. The van der Waals surface area contributed by atoms with Gasteiger partial charge >= 0.3 is 0 Å². The number of nitrogens with zero attached hydrogens (tertiary/aromatic N) is 1. The Labute approximate surface area is 201 Å². The number of ketones is 1. The highest BCUT2D eigenvalue weighted by molar-refractivity contribution is 7.91. The highest BCUT2D eigenvalue weighted by atomic mass is 32.2. The van der Waals surface area contributed by atoms with E-state index in [1.807, 2.05) is 31.2 Å². The summed E-state index contributed by atoms with van der Waals surface area (Å²) in [5, 5.41) is 3.95. The molecule has 1 aliphatic rings. The van der Waals surface area contributed by atoms with E-state index in [4.69, 9.17) is 0 Å². The van der Waals surface area contributed by atoms with Gasteiger partial charge in [0.15, 0.2) is 20.9 Å². The predicted molar refractivity (Wildman–Crippen MR) is 131 cm³/mol. The van der Waals surface area contributed by atoms with Crippen molar-refractivity contribution in [1.82, 2.24) is 15.6 Å². The molecular weight excluding hydrogens is 474 g/mol. The van der Waals surface area contributed by atoms with Gasteiger partial charge in [-0.05, 0) is 47.4 Å². The minimum atomic E-state index is -3.82. The predicted octanol–water partition coefficient (Wildman–Crippen LogP) is 3.17. The van der Waals surface area contributed by atoms with Crippen LogP contribution in [0, 0.1) is 0 Å². The fourth-order valence-electron chi connectivity index (χ4n) is 3.88. The maximum atomic E-state index is 12.8. The Bertz CT molecular complexity index is 1390. The monoisotopic (exact) mass is 499 g/mol. The number of benzene rings is 2. The number of thiazole rings is 1. The van der Waals surface area contributed by atoms with Crippen molar-refractivity contribution < 1.29 is 22.8 Å². The van der Waals surface area contributed by atoms with Crippen LogP contribution in [0.4, 0.5) is 0 Å².